The van der Waals surface area contributed by atoms with Gasteiger partial charge in [-0.2, -0.15) is 0 Å². The average Bonchev–Trinajstić information content (AvgIpc) is 2.65. The highest BCUT2D eigenvalue weighted by atomic mass is 16.5. The predicted molar refractivity (Wildman–Crippen MR) is 114 cm³/mol. The van der Waals surface area contributed by atoms with Crippen LogP contribution in [0, 0.1) is 12.8 Å². The highest BCUT2D eigenvalue weighted by Crippen LogP contribution is 2.35. The number of anilines is 3. The van der Waals surface area contributed by atoms with E-state index in [0.717, 1.165) is 16.8 Å². The largest absolute Gasteiger partial charge is 0.476 e. The number of hydrogen-bond donors (Lipinski definition) is 2. The normalized spacial score (nSPS) is 16.0. The Morgan fingerprint density at radius 1 is 1.24 bits per heavy atom. The van der Waals surface area contributed by atoms with Crippen molar-refractivity contribution in [2.45, 2.75) is 46.6 Å². The second-order valence-electron chi connectivity index (χ2n) is 8.01. The molecule has 0 saturated carbocycles. The molecule has 3 rings (SSSR count). The number of nitrogens with one attached hydrogen (secondary N) is 1. The SMILES string of the molecule is Cc1cccc(C(C)C)c1NC(=O)CN1C(=O)C(C(C)C)Oc2ccc(N)nc21. The van der Waals surface area contributed by atoms with Crippen molar-refractivity contribution < 1.29 is 14.3 Å². The fraction of sp³-hybridized carbons (Fsp3) is 0.409. The van der Waals surface area contributed by atoms with Crippen LogP contribution in [0.4, 0.5) is 17.3 Å². The number of ether oxygens (including phenoxy) is 1. The van der Waals surface area contributed by atoms with E-state index in [1.54, 1.807) is 12.1 Å². The van der Waals surface area contributed by atoms with Crippen LogP contribution in [-0.2, 0) is 9.59 Å². The molecule has 0 fully saturated rings. The third kappa shape index (κ3) is 4.18. The summed E-state index contributed by atoms with van der Waals surface area (Å²) in [5.41, 5.74) is 8.62. The third-order valence-corrected chi connectivity index (χ3v) is 4.98. The van der Waals surface area contributed by atoms with Gasteiger partial charge in [0.1, 0.15) is 12.4 Å². The zero-order valence-electron chi connectivity index (χ0n) is 17.5. The molecule has 1 atom stereocenters. The Balaban J connectivity index is 1.90. The van der Waals surface area contributed by atoms with Crippen molar-refractivity contribution in [1.29, 1.82) is 0 Å². The van der Waals surface area contributed by atoms with Crippen LogP contribution in [0.5, 0.6) is 5.75 Å². The molecule has 0 spiro atoms. The lowest BCUT2D eigenvalue weighted by molar-refractivity contribution is -0.129. The summed E-state index contributed by atoms with van der Waals surface area (Å²) in [7, 11) is 0. The van der Waals surface area contributed by atoms with Gasteiger partial charge >= 0.3 is 0 Å². The number of carbonyl (C=O) groups excluding carboxylic acids is 2. The molecule has 2 aromatic rings. The molecule has 0 radical (unpaired) electrons. The topological polar surface area (TPSA) is 97.5 Å². The predicted octanol–water partition coefficient (Wildman–Crippen LogP) is 3.48. The maximum absolute atomic E-state index is 13.0. The highest BCUT2D eigenvalue weighted by Gasteiger charge is 2.38. The maximum atomic E-state index is 13.0. The van der Waals surface area contributed by atoms with Crippen molar-refractivity contribution >= 4 is 29.1 Å². The van der Waals surface area contributed by atoms with Gasteiger partial charge in [-0.15, -0.1) is 0 Å². The summed E-state index contributed by atoms with van der Waals surface area (Å²) >= 11 is 0. The van der Waals surface area contributed by atoms with Crippen LogP contribution in [0.3, 0.4) is 0 Å². The number of aromatic nitrogens is 1. The van der Waals surface area contributed by atoms with Crippen LogP contribution in [0.15, 0.2) is 30.3 Å². The molecular formula is C22H28N4O3. The van der Waals surface area contributed by atoms with E-state index < -0.39 is 6.10 Å². The smallest absolute Gasteiger partial charge is 0.270 e. The highest BCUT2D eigenvalue weighted by molar-refractivity contribution is 6.06. The van der Waals surface area contributed by atoms with Gasteiger partial charge in [-0.1, -0.05) is 45.9 Å². The molecular weight excluding hydrogens is 368 g/mol. The summed E-state index contributed by atoms with van der Waals surface area (Å²) in [6.07, 6.45) is -0.676. The number of carbonyl (C=O) groups is 2. The van der Waals surface area contributed by atoms with Gasteiger partial charge in [-0.3, -0.25) is 14.5 Å². The molecule has 1 unspecified atom stereocenters. The lowest BCUT2D eigenvalue weighted by Gasteiger charge is -2.34. The molecule has 7 heteroatoms. The van der Waals surface area contributed by atoms with Crippen LogP contribution in [0.1, 0.15) is 44.7 Å². The van der Waals surface area contributed by atoms with Crippen molar-refractivity contribution in [2.75, 3.05) is 22.5 Å². The minimum absolute atomic E-state index is 0.0531. The molecule has 0 saturated heterocycles. The molecule has 154 valence electrons. The molecule has 1 aliphatic heterocycles. The lowest BCUT2D eigenvalue weighted by atomic mass is 9.98. The summed E-state index contributed by atoms with van der Waals surface area (Å²) in [6, 6.07) is 9.23. The number of nitrogens with zero attached hydrogens (tertiary/aromatic N) is 2. The number of hydrogen-bond acceptors (Lipinski definition) is 5. The van der Waals surface area contributed by atoms with E-state index in [2.05, 4.69) is 24.1 Å². The number of nitrogen functional groups attached to an aromatic ring is 1. The minimum atomic E-state index is -0.676. The fourth-order valence-electron chi connectivity index (χ4n) is 3.42. The summed E-state index contributed by atoms with van der Waals surface area (Å²) in [5, 5.41) is 2.98. The minimum Gasteiger partial charge on any atom is -0.476 e. The maximum Gasteiger partial charge on any atom is 0.270 e. The number of benzene rings is 1. The van der Waals surface area contributed by atoms with Crippen molar-refractivity contribution in [2.24, 2.45) is 5.92 Å². The lowest BCUT2D eigenvalue weighted by Crippen LogP contribution is -2.51. The van der Waals surface area contributed by atoms with Gasteiger partial charge < -0.3 is 15.8 Å². The molecule has 29 heavy (non-hydrogen) atoms. The van der Waals surface area contributed by atoms with E-state index in [4.69, 9.17) is 10.5 Å². The second kappa shape index (κ2) is 8.11. The van der Waals surface area contributed by atoms with Gasteiger partial charge in [0.2, 0.25) is 5.91 Å². The first-order valence-electron chi connectivity index (χ1n) is 9.83. The Labute approximate surface area is 171 Å². The molecule has 1 aromatic carbocycles. The number of aryl methyl sites for hydroxylation is 1. The number of pyridine rings is 1. The Morgan fingerprint density at radius 2 is 1.97 bits per heavy atom. The molecule has 0 bridgehead atoms. The van der Waals surface area contributed by atoms with E-state index >= 15 is 0 Å². The summed E-state index contributed by atoms with van der Waals surface area (Å²) in [6.45, 7) is 9.74. The Morgan fingerprint density at radius 3 is 2.62 bits per heavy atom. The van der Waals surface area contributed by atoms with E-state index in [9.17, 15) is 9.59 Å². The van der Waals surface area contributed by atoms with Crippen LogP contribution >= 0.6 is 0 Å². The average molecular weight is 396 g/mol. The Bertz CT molecular complexity index is 940. The molecule has 2 amide bonds. The summed E-state index contributed by atoms with van der Waals surface area (Å²) in [5.74, 6) is 0.587. The summed E-state index contributed by atoms with van der Waals surface area (Å²) in [4.78, 5) is 31.5. The zero-order chi connectivity index (χ0) is 21.3. The zero-order valence-corrected chi connectivity index (χ0v) is 17.5. The Hall–Kier alpha value is -3.09. The number of amides is 2. The van der Waals surface area contributed by atoms with Gasteiger partial charge in [-0.05, 0) is 42.0 Å². The summed E-state index contributed by atoms with van der Waals surface area (Å²) < 4.78 is 5.82. The van der Waals surface area contributed by atoms with Crippen LogP contribution < -0.4 is 20.7 Å². The van der Waals surface area contributed by atoms with Gasteiger partial charge in [0.25, 0.3) is 5.91 Å². The monoisotopic (exact) mass is 396 g/mol. The standard InChI is InChI=1S/C22H28N4O3/c1-12(2)15-8-6-7-14(5)19(15)25-18(27)11-26-21-16(9-10-17(23)24-21)29-20(13(3)4)22(26)28/h6-10,12-13,20H,11H2,1-5H3,(H2,23,24)(H,25,27). The molecule has 3 N–H and O–H groups in total. The number of para-hydroxylation sites is 1. The van der Waals surface area contributed by atoms with E-state index in [1.807, 2.05) is 39.0 Å². The van der Waals surface area contributed by atoms with Crippen molar-refractivity contribution in [3.8, 4) is 5.75 Å². The van der Waals surface area contributed by atoms with Gasteiger partial charge in [0.05, 0.1) is 0 Å². The fourth-order valence-corrected chi connectivity index (χ4v) is 3.42. The molecule has 1 aromatic heterocycles. The van der Waals surface area contributed by atoms with Crippen LogP contribution in [0.25, 0.3) is 0 Å². The first-order valence-corrected chi connectivity index (χ1v) is 9.83. The van der Waals surface area contributed by atoms with E-state index in [1.165, 1.54) is 4.90 Å². The quantitative estimate of drug-likeness (QED) is 0.806. The third-order valence-electron chi connectivity index (χ3n) is 4.98. The van der Waals surface area contributed by atoms with Gasteiger partial charge in [0.15, 0.2) is 17.7 Å². The Kier molecular flexibility index (Phi) is 5.77. The number of nitrogens with two attached hydrogens (primary N) is 1. The molecule has 0 aliphatic carbocycles. The van der Waals surface area contributed by atoms with Crippen molar-refractivity contribution in [1.82, 2.24) is 4.98 Å². The van der Waals surface area contributed by atoms with E-state index in [0.29, 0.717) is 5.75 Å². The second-order valence-corrected chi connectivity index (χ2v) is 8.01. The molecule has 2 heterocycles. The van der Waals surface area contributed by atoms with Crippen molar-refractivity contribution in [3.05, 3.63) is 41.5 Å². The van der Waals surface area contributed by atoms with E-state index in [-0.39, 0.29) is 41.8 Å². The first-order chi connectivity index (χ1) is 13.7. The van der Waals surface area contributed by atoms with Gasteiger partial charge in [-0.25, -0.2) is 4.98 Å². The van der Waals surface area contributed by atoms with Crippen LogP contribution in [-0.4, -0.2) is 29.4 Å². The molecule has 1 aliphatic rings. The number of rotatable bonds is 5. The van der Waals surface area contributed by atoms with Crippen molar-refractivity contribution in [3.63, 3.8) is 0 Å². The first kappa shape index (κ1) is 20.6. The number of fused-ring (bicyclic) bond motifs is 1. The van der Waals surface area contributed by atoms with Crippen LogP contribution in [0.2, 0.25) is 0 Å². The molecule has 7 nitrogen and oxygen atoms in total. The van der Waals surface area contributed by atoms with Gasteiger partial charge in [0, 0.05) is 5.69 Å².